The molecule has 28 heavy (non-hydrogen) atoms. The smallest absolute Gasteiger partial charge is 0.169 e. The molecule has 0 amide bonds. The number of aromatic amines is 1. The lowest BCUT2D eigenvalue weighted by molar-refractivity contribution is 0.235. The summed E-state index contributed by atoms with van der Waals surface area (Å²) in [4.78, 5) is 10.5. The van der Waals surface area contributed by atoms with Gasteiger partial charge in [-0.25, -0.2) is 4.98 Å². The van der Waals surface area contributed by atoms with Crippen LogP contribution in [0.1, 0.15) is 43.5 Å². The highest BCUT2D eigenvalue weighted by Crippen LogP contribution is 2.24. The van der Waals surface area contributed by atoms with Gasteiger partial charge >= 0.3 is 0 Å². The van der Waals surface area contributed by atoms with Crippen LogP contribution in [0.25, 0.3) is 11.0 Å². The molecule has 0 bridgehead atoms. The maximum absolute atomic E-state index is 5.82. The third-order valence-electron chi connectivity index (χ3n) is 5.55. The first-order valence-corrected chi connectivity index (χ1v) is 10.7. The van der Waals surface area contributed by atoms with E-state index in [9.17, 15) is 0 Å². The highest BCUT2D eigenvalue weighted by atomic mass is 32.1. The third kappa shape index (κ3) is 4.71. The maximum Gasteiger partial charge on any atom is 0.169 e. The van der Waals surface area contributed by atoms with Crippen molar-refractivity contribution in [2.45, 2.75) is 51.1 Å². The molecule has 1 heterocycles. The Labute approximate surface area is 172 Å². The van der Waals surface area contributed by atoms with Crippen LogP contribution in [-0.2, 0) is 13.0 Å². The van der Waals surface area contributed by atoms with Crippen LogP contribution in [-0.4, -0.2) is 32.6 Å². The quantitative estimate of drug-likeness (QED) is 0.591. The Kier molecular flexibility index (Phi) is 6.22. The minimum atomic E-state index is 0.542. The van der Waals surface area contributed by atoms with Crippen LogP contribution in [0.4, 0.5) is 0 Å². The predicted molar refractivity (Wildman–Crippen MR) is 119 cm³/mol. The van der Waals surface area contributed by atoms with Gasteiger partial charge in [0.25, 0.3) is 0 Å². The van der Waals surface area contributed by atoms with Gasteiger partial charge in [-0.2, -0.15) is 0 Å². The van der Waals surface area contributed by atoms with Crippen LogP contribution in [0.5, 0.6) is 0 Å². The summed E-state index contributed by atoms with van der Waals surface area (Å²) in [6.45, 7) is 1.67. The number of H-pyrrole nitrogens is 1. The van der Waals surface area contributed by atoms with Crippen LogP contribution in [0.15, 0.2) is 54.6 Å². The molecule has 5 heteroatoms. The first-order valence-electron chi connectivity index (χ1n) is 10.3. The lowest BCUT2D eigenvalue weighted by atomic mass is 9.94. The predicted octanol–water partition coefficient (Wildman–Crippen LogP) is 4.81. The molecule has 4 nitrogen and oxygen atoms in total. The molecule has 1 fully saturated rings. The normalized spacial score (nSPS) is 14.9. The number of nitrogens with one attached hydrogen (secondary N) is 2. The molecule has 2 aromatic carbocycles. The first-order chi connectivity index (χ1) is 13.8. The van der Waals surface area contributed by atoms with Gasteiger partial charge < -0.3 is 15.2 Å². The van der Waals surface area contributed by atoms with Gasteiger partial charge in [0.1, 0.15) is 5.82 Å². The monoisotopic (exact) mass is 392 g/mol. The highest BCUT2D eigenvalue weighted by Gasteiger charge is 2.23. The fraction of sp³-hybridized carbons (Fsp3) is 0.391. The van der Waals surface area contributed by atoms with E-state index in [2.05, 4.69) is 56.6 Å². The summed E-state index contributed by atoms with van der Waals surface area (Å²) in [5.74, 6) is 1.00. The average molecular weight is 393 g/mol. The molecular formula is C23H28N4S. The van der Waals surface area contributed by atoms with E-state index in [1.54, 1.807) is 0 Å². The molecule has 2 N–H and O–H groups in total. The van der Waals surface area contributed by atoms with E-state index < -0.39 is 0 Å². The number of aromatic nitrogens is 2. The van der Waals surface area contributed by atoms with E-state index in [4.69, 9.17) is 12.2 Å². The van der Waals surface area contributed by atoms with Crippen LogP contribution >= 0.6 is 12.2 Å². The van der Waals surface area contributed by atoms with Gasteiger partial charge in [0.2, 0.25) is 0 Å². The zero-order valence-electron chi connectivity index (χ0n) is 16.2. The molecule has 1 aromatic heterocycles. The topological polar surface area (TPSA) is 44.0 Å². The van der Waals surface area contributed by atoms with Gasteiger partial charge in [0.15, 0.2) is 5.11 Å². The zero-order valence-corrected chi connectivity index (χ0v) is 17.0. The molecule has 1 saturated carbocycles. The van der Waals surface area contributed by atoms with E-state index in [1.807, 2.05) is 18.2 Å². The van der Waals surface area contributed by atoms with Crippen molar-refractivity contribution in [3.05, 3.63) is 66.0 Å². The molecule has 4 rings (SSSR count). The molecule has 0 unspecified atom stereocenters. The van der Waals surface area contributed by atoms with Crippen molar-refractivity contribution in [1.82, 2.24) is 20.2 Å². The summed E-state index contributed by atoms with van der Waals surface area (Å²) in [5, 5.41) is 4.36. The van der Waals surface area contributed by atoms with Gasteiger partial charge in [-0.3, -0.25) is 0 Å². The van der Waals surface area contributed by atoms with Gasteiger partial charge in [0, 0.05) is 25.6 Å². The summed E-state index contributed by atoms with van der Waals surface area (Å²) in [6.07, 6.45) is 7.26. The van der Waals surface area contributed by atoms with E-state index in [0.717, 1.165) is 41.5 Å². The van der Waals surface area contributed by atoms with E-state index in [0.29, 0.717) is 6.04 Å². The fourth-order valence-electron chi connectivity index (χ4n) is 4.05. The molecule has 3 aromatic rings. The number of hydrogen-bond acceptors (Lipinski definition) is 2. The average Bonchev–Trinajstić information content (AvgIpc) is 3.16. The maximum atomic E-state index is 5.82. The lowest BCUT2D eigenvalue weighted by Gasteiger charge is -2.36. The van der Waals surface area contributed by atoms with Crippen LogP contribution in [0, 0.1) is 0 Å². The van der Waals surface area contributed by atoms with Crippen molar-refractivity contribution in [2.24, 2.45) is 0 Å². The number of para-hydroxylation sites is 2. The van der Waals surface area contributed by atoms with Crippen LogP contribution in [0.3, 0.4) is 0 Å². The van der Waals surface area contributed by atoms with Gasteiger partial charge in [-0.1, -0.05) is 61.7 Å². The van der Waals surface area contributed by atoms with E-state index in [1.165, 1.54) is 37.7 Å². The number of imidazole rings is 1. The number of rotatable bonds is 6. The van der Waals surface area contributed by atoms with E-state index >= 15 is 0 Å². The fourth-order valence-corrected chi connectivity index (χ4v) is 4.37. The Morgan fingerprint density at radius 3 is 2.57 bits per heavy atom. The lowest BCUT2D eigenvalue weighted by Crippen LogP contribution is -2.46. The summed E-state index contributed by atoms with van der Waals surface area (Å²) in [7, 11) is 0. The highest BCUT2D eigenvalue weighted by molar-refractivity contribution is 7.80. The molecule has 0 radical (unpaired) electrons. The van der Waals surface area contributed by atoms with Gasteiger partial charge in [0.05, 0.1) is 11.0 Å². The van der Waals surface area contributed by atoms with Crippen molar-refractivity contribution in [1.29, 1.82) is 0 Å². The van der Waals surface area contributed by atoms with Gasteiger partial charge in [-0.15, -0.1) is 0 Å². The van der Waals surface area contributed by atoms with Crippen LogP contribution < -0.4 is 5.32 Å². The minimum Gasteiger partial charge on any atom is -0.362 e. The molecule has 0 aliphatic heterocycles. The molecule has 146 valence electrons. The second-order valence-electron chi connectivity index (χ2n) is 7.59. The number of nitrogens with zero attached hydrogens (tertiary/aromatic N) is 2. The molecule has 1 aliphatic rings. The second-order valence-corrected chi connectivity index (χ2v) is 7.97. The standard InChI is InChI=1S/C23H28N4S/c28-23(24-16-15-22-25-20-13-7-8-14-21(20)26-22)27(19-11-5-2-6-12-19)17-18-9-3-1-4-10-18/h1,3-4,7-10,13-14,19H,2,5-6,11-12,15-17H2,(H,24,28)(H,25,26). The van der Waals surface area contributed by atoms with Crippen molar-refractivity contribution < 1.29 is 0 Å². The Balaban J connectivity index is 1.38. The van der Waals surface area contributed by atoms with Crippen molar-refractivity contribution in [2.75, 3.05) is 6.54 Å². The molecule has 0 spiro atoms. The molecular weight excluding hydrogens is 364 g/mol. The third-order valence-corrected chi connectivity index (χ3v) is 5.93. The zero-order chi connectivity index (χ0) is 19.2. The number of thiocarbonyl (C=S) groups is 1. The Morgan fingerprint density at radius 2 is 1.79 bits per heavy atom. The number of hydrogen-bond donors (Lipinski definition) is 2. The van der Waals surface area contributed by atoms with Crippen molar-refractivity contribution >= 4 is 28.4 Å². The first kappa shape index (κ1) is 18.9. The molecule has 0 saturated heterocycles. The van der Waals surface area contributed by atoms with E-state index in [-0.39, 0.29) is 0 Å². The largest absolute Gasteiger partial charge is 0.362 e. The minimum absolute atomic E-state index is 0.542. The SMILES string of the molecule is S=C(NCCc1nc2ccccc2[nH]1)N(Cc1ccccc1)C1CCCCC1. The Bertz CT molecular complexity index is 866. The summed E-state index contributed by atoms with van der Waals surface area (Å²) in [6, 6.07) is 19.3. The van der Waals surface area contributed by atoms with Gasteiger partial charge in [-0.05, 0) is 42.8 Å². The Morgan fingerprint density at radius 1 is 1.04 bits per heavy atom. The summed E-state index contributed by atoms with van der Waals surface area (Å²) >= 11 is 5.82. The second kappa shape index (κ2) is 9.20. The summed E-state index contributed by atoms with van der Waals surface area (Å²) in [5.41, 5.74) is 3.43. The summed E-state index contributed by atoms with van der Waals surface area (Å²) < 4.78 is 0. The van der Waals surface area contributed by atoms with Crippen molar-refractivity contribution in [3.63, 3.8) is 0 Å². The molecule has 1 aliphatic carbocycles. The number of benzene rings is 2. The number of fused-ring (bicyclic) bond motifs is 1. The van der Waals surface area contributed by atoms with Crippen molar-refractivity contribution in [3.8, 4) is 0 Å². The molecule has 0 atom stereocenters. The Hall–Kier alpha value is -2.40. The van der Waals surface area contributed by atoms with Crippen LogP contribution in [0.2, 0.25) is 0 Å².